The van der Waals surface area contributed by atoms with Gasteiger partial charge in [-0.3, -0.25) is 0 Å². The Balaban J connectivity index is 2.08. The molecule has 0 unspecified atom stereocenters. The van der Waals surface area contributed by atoms with Crippen LogP contribution in [0.5, 0.6) is 0 Å². The van der Waals surface area contributed by atoms with Crippen molar-refractivity contribution in [3.05, 3.63) is 53.5 Å². The molecule has 90 valence electrons. The maximum atomic E-state index is 5.34. The second kappa shape index (κ2) is 5.94. The zero-order valence-corrected chi connectivity index (χ0v) is 11.0. The normalized spacial score (nSPS) is 10.7. The van der Waals surface area contributed by atoms with Crippen molar-refractivity contribution < 1.29 is 4.42 Å². The van der Waals surface area contributed by atoms with E-state index < -0.39 is 0 Å². The van der Waals surface area contributed by atoms with Gasteiger partial charge in [-0.2, -0.15) is 0 Å². The predicted octanol–water partition coefficient (Wildman–Crippen LogP) is 3.60. The van der Waals surface area contributed by atoms with Crippen LogP contribution in [0.4, 0.5) is 0 Å². The van der Waals surface area contributed by atoms with Gasteiger partial charge in [0.15, 0.2) is 0 Å². The Morgan fingerprint density at radius 1 is 1.29 bits per heavy atom. The van der Waals surface area contributed by atoms with Crippen LogP contribution < -0.4 is 5.32 Å². The molecular formula is C14H17NOS. The first-order chi connectivity index (χ1) is 8.29. The van der Waals surface area contributed by atoms with E-state index in [0.717, 1.165) is 18.1 Å². The van der Waals surface area contributed by atoms with E-state index in [9.17, 15) is 0 Å². The second-order valence-electron chi connectivity index (χ2n) is 4.01. The van der Waals surface area contributed by atoms with Crippen molar-refractivity contribution in [3.63, 3.8) is 0 Å². The second-order valence-corrected chi connectivity index (χ2v) is 5.03. The molecule has 1 heterocycles. The predicted molar refractivity (Wildman–Crippen MR) is 72.2 cm³/mol. The van der Waals surface area contributed by atoms with Crippen LogP contribution in [-0.2, 0) is 12.3 Å². The van der Waals surface area contributed by atoms with Crippen molar-refractivity contribution in [2.45, 2.75) is 24.1 Å². The van der Waals surface area contributed by atoms with Crippen molar-refractivity contribution in [3.8, 4) is 0 Å². The van der Waals surface area contributed by atoms with Gasteiger partial charge >= 0.3 is 0 Å². The lowest BCUT2D eigenvalue weighted by molar-refractivity contribution is 0.530. The van der Waals surface area contributed by atoms with Gasteiger partial charge < -0.3 is 9.73 Å². The highest BCUT2D eigenvalue weighted by atomic mass is 32.2. The highest BCUT2D eigenvalue weighted by Gasteiger charge is 2.04. The summed E-state index contributed by atoms with van der Waals surface area (Å²) < 4.78 is 5.34. The van der Waals surface area contributed by atoms with E-state index in [0.29, 0.717) is 0 Å². The maximum absolute atomic E-state index is 5.34. The van der Waals surface area contributed by atoms with E-state index in [4.69, 9.17) is 4.42 Å². The Morgan fingerprint density at radius 2 is 2.18 bits per heavy atom. The summed E-state index contributed by atoms with van der Waals surface area (Å²) in [6.07, 6.45) is 1.72. The minimum Gasteiger partial charge on any atom is -0.468 e. The topological polar surface area (TPSA) is 25.2 Å². The molecule has 0 radical (unpaired) electrons. The third-order valence-electron chi connectivity index (χ3n) is 2.53. The van der Waals surface area contributed by atoms with Gasteiger partial charge in [-0.1, -0.05) is 17.7 Å². The lowest BCUT2D eigenvalue weighted by atomic mass is 10.1. The first-order valence-corrected chi connectivity index (χ1v) is 6.67. The van der Waals surface area contributed by atoms with Gasteiger partial charge in [-0.15, -0.1) is 11.8 Å². The molecule has 1 aromatic carbocycles. The molecule has 0 aliphatic heterocycles. The number of hydrogen-bond donors (Lipinski definition) is 1. The number of rotatable bonds is 5. The third kappa shape index (κ3) is 3.38. The standard InChI is InChI=1S/C14H17NOS/c1-11-5-6-14(12(8-11)9-15-2)17-10-13-4-3-7-16-13/h3-8,15H,9-10H2,1-2H3. The minimum atomic E-state index is 0.882. The van der Waals surface area contributed by atoms with E-state index in [-0.39, 0.29) is 0 Å². The van der Waals surface area contributed by atoms with Crippen molar-refractivity contribution in [1.29, 1.82) is 0 Å². The lowest BCUT2D eigenvalue weighted by Crippen LogP contribution is -2.06. The summed E-state index contributed by atoms with van der Waals surface area (Å²) in [7, 11) is 1.98. The summed E-state index contributed by atoms with van der Waals surface area (Å²) in [4.78, 5) is 1.32. The maximum Gasteiger partial charge on any atom is 0.113 e. The smallest absolute Gasteiger partial charge is 0.113 e. The average Bonchev–Trinajstić information content (AvgIpc) is 2.81. The molecule has 3 heteroatoms. The van der Waals surface area contributed by atoms with Crippen LogP contribution >= 0.6 is 11.8 Å². The Kier molecular flexibility index (Phi) is 4.29. The van der Waals surface area contributed by atoms with Crippen molar-refractivity contribution in [1.82, 2.24) is 5.32 Å². The molecule has 0 bridgehead atoms. The van der Waals surface area contributed by atoms with Crippen LogP contribution in [0.2, 0.25) is 0 Å². The van der Waals surface area contributed by atoms with Gasteiger partial charge in [0.2, 0.25) is 0 Å². The molecule has 0 aliphatic carbocycles. The van der Waals surface area contributed by atoms with Crippen molar-refractivity contribution >= 4 is 11.8 Å². The van der Waals surface area contributed by atoms with Crippen LogP contribution in [0, 0.1) is 6.92 Å². The van der Waals surface area contributed by atoms with E-state index in [1.165, 1.54) is 16.0 Å². The zero-order valence-electron chi connectivity index (χ0n) is 10.2. The van der Waals surface area contributed by atoms with Crippen LogP contribution in [0.15, 0.2) is 45.9 Å². The molecule has 1 aromatic heterocycles. The first kappa shape index (κ1) is 12.3. The molecule has 2 aromatic rings. The number of aryl methyl sites for hydroxylation is 1. The Morgan fingerprint density at radius 3 is 2.88 bits per heavy atom. The van der Waals surface area contributed by atoms with Gasteiger partial charge in [0.05, 0.1) is 12.0 Å². The fraction of sp³-hybridized carbons (Fsp3) is 0.286. The fourth-order valence-corrected chi connectivity index (χ4v) is 2.66. The summed E-state index contributed by atoms with van der Waals surface area (Å²) in [6, 6.07) is 10.5. The van der Waals surface area contributed by atoms with Crippen molar-refractivity contribution in [2.75, 3.05) is 7.05 Å². The molecule has 0 amide bonds. The first-order valence-electron chi connectivity index (χ1n) is 5.69. The van der Waals surface area contributed by atoms with Crippen LogP contribution in [-0.4, -0.2) is 7.05 Å². The molecule has 2 nitrogen and oxygen atoms in total. The molecule has 0 aliphatic rings. The number of nitrogens with one attached hydrogen (secondary N) is 1. The Labute approximate surface area is 106 Å². The fourth-order valence-electron chi connectivity index (χ4n) is 1.72. The SMILES string of the molecule is CNCc1cc(C)ccc1SCc1ccco1. The number of benzene rings is 1. The highest BCUT2D eigenvalue weighted by Crippen LogP contribution is 2.27. The summed E-state index contributed by atoms with van der Waals surface area (Å²) in [5.74, 6) is 1.90. The van der Waals surface area contributed by atoms with E-state index >= 15 is 0 Å². The Hall–Kier alpha value is -1.19. The van der Waals surface area contributed by atoms with Crippen LogP contribution in [0.25, 0.3) is 0 Å². The molecule has 0 saturated heterocycles. The molecule has 0 saturated carbocycles. The van der Waals surface area contributed by atoms with Crippen LogP contribution in [0.1, 0.15) is 16.9 Å². The third-order valence-corrected chi connectivity index (χ3v) is 3.67. The number of hydrogen-bond acceptors (Lipinski definition) is 3. The molecule has 2 rings (SSSR count). The molecule has 0 atom stereocenters. The number of furan rings is 1. The van der Waals surface area contributed by atoms with E-state index in [1.807, 2.05) is 30.9 Å². The zero-order chi connectivity index (χ0) is 12.1. The van der Waals surface area contributed by atoms with Gasteiger partial charge in [0, 0.05) is 11.4 Å². The molecule has 0 spiro atoms. The van der Waals surface area contributed by atoms with E-state index in [2.05, 4.69) is 30.4 Å². The number of thioether (sulfide) groups is 1. The van der Waals surface area contributed by atoms with E-state index in [1.54, 1.807) is 6.26 Å². The summed E-state index contributed by atoms with van der Waals surface area (Å²) in [5, 5.41) is 3.21. The van der Waals surface area contributed by atoms with Crippen molar-refractivity contribution in [2.24, 2.45) is 0 Å². The summed E-state index contributed by atoms with van der Waals surface area (Å²) in [5.41, 5.74) is 2.65. The lowest BCUT2D eigenvalue weighted by Gasteiger charge is -2.09. The van der Waals surface area contributed by atoms with Gasteiger partial charge in [-0.25, -0.2) is 0 Å². The molecule has 0 fully saturated rings. The molecule has 17 heavy (non-hydrogen) atoms. The largest absolute Gasteiger partial charge is 0.468 e. The molecule has 1 N–H and O–H groups in total. The highest BCUT2D eigenvalue weighted by molar-refractivity contribution is 7.98. The monoisotopic (exact) mass is 247 g/mol. The van der Waals surface area contributed by atoms with Gasteiger partial charge in [0.1, 0.15) is 5.76 Å². The Bertz CT molecular complexity index is 465. The van der Waals surface area contributed by atoms with Gasteiger partial charge in [-0.05, 0) is 37.7 Å². The minimum absolute atomic E-state index is 0.882. The average molecular weight is 247 g/mol. The van der Waals surface area contributed by atoms with Crippen LogP contribution in [0.3, 0.4) is 0 Å². The summed E-state index contributed by atoms with van der Waals surface area (Å²) >= 11 is 1.82. The quantitative estimate of drug-likeness (QED) is 0.817. The molecular weight excluding hydrogens is 230 g/mol. The summed E-state index contributed by atoms with van der Waals surface area (Å²) in [6.45, 7) is 3.03. The van der Waals surface area contributed by atoms with Gasteiger partial charge in [0.25, 0.3) is 0 Å².